The molecule has 0 saturated carbocycles. The van der Waals surface area contributed by atoms with Crippen LogP contribution in [0, 0.1) is 5.82 Å². The Morgan fingerprint density at radius 1 is 1.27 bits per heavy atom. The van der Waals surface area contributed by atoms with Crippen LogP contribution in [0.15, 0.2) is 42.5 Å². The predicted molar refractivity (Wildman–Crippen MR) is 87.6 cm³/mol. The summed E-state index contributed by atoms with van der Waals surface area (Å²) in [6.07, 6.45) is 0.803. The number of halogens is 1. The molecular weight excluding hydrogens is 303 g/mol. The number of thiocarbonyl (C=S) groups is 1. The van der Waals surface area contributed by atoms with E-state index in [2.05, 4.69) is 10.6 Å². The number of aryl methyl sites for hydroxylation is 1. The van der Waals surface area contributed by atoms with Crippen molar-refractivity contribution in [2.24, 2.45) is 0 Å². The number of aromatic hydroxyl groups is 1. The lowest BCUT2D eigenvalue weighted by Gasteiger charge is -2.12. The summed E-state index contributed by atoms with van der Waals surface area (Å²) in [6.45, 7) is 1.99. The van der Waals surface area contributed by atoms with Crippen LogP contribution in [-0.4, -0.2) is 16.1 Å². The van der Waals surface area contributed by atoms with Crippen LogP contribution in [0.4, 0.5) is 10.1 Å². The molecule has 0 aliphatic heterocycles. The van der Waals surface area contributed by atoms with Crippen LogP contribution in [0.3, 0.4) is 0 Å². The summed E-state index contributed by atoms with van der Waals surface area (Å²) in [5, 5.41) is 15.0. The zero-order valence-electron chi connectivity index (χ0n) is 11.9. The molecule has 4 nitrogen and oxygen atoms in total. The Kier molecular flexibility index (Phi) is 5.06. The van der Waals surface area contributed by atoms with Crippen molar-refractivity contribution in [1.82, 2.24) is 5.32 Å². The van der Waals surface area contributed by atoms with Crippen molar-refractivity contribution in [1.29, 1.82) is 0 Å². The summed E-state index contributed by atoms with van der Waals surface area (Å²) in [7, 11) is 0. The monoisotopic (exact) mass is 318 g/mol. The number of rotatable bonds is 3. The molecule has 22 heavy (non-hydrogen) atoms. The standard InChI is InChI=1S/C16H15FN2O2S/c1-2-10-6-7-14(20)13(8-10)18-16(22)19-15(21)11-4-3-5-12(17)9-11/h3-9,20H,2H2,1H3,(H2,18,19,21,22). The second-order valence-electron chi connectivity index (χ2n) is 4.62. The van der Waals surface area contributed by atoms with Gasteiger partial charge in [-0.05, 0) is 54.5 Å². The minimum absolute atomic E-state index is 0.0258. The highest BCUT2D eigenvalue weighted by Gasteiger charge is 2.10. The van der Waals surface area contributed by atoms with E-state index >= 15 is 0 Å². The molecular formula is C16H15FN2O2S. The van der Waals surface area contributed by atoms with E-state index in [1.807, 2.05) is 6.92 Å². The average Bonchev–Trinajstić information content (AvgIpc) is 2.49. The topological polar surface area (TPSA) is 61.4 Å². The van der Waals surface area contributed by atoms with Gasteiger partial charge in [0.05, 0.1) is 5.69 Å². The largest absolute Gasteiger partial charge is 0.506 e. The highest BCUT2D eigenvalue weighted by atomic mass is 32.1. The zero-order valence-corrected chi connectivity index (χ0v) is 12.7. The number of carbonyl (C=O) groups excluding carboxylic acids is 1. The molecule has 0 fully saturated rings. The van der Waals surface area contributed by atoms with Gasteiger partial charge in [0, 0.05) is 5.56 Å². The normalized spacial score (nSPS) is 10.1. The summed E-state index contributed by atoms with van der Waals surface area (Å²) < 4.78 is 13.1. The van der Waals surface area contributed by atoms with Crippen LogP contribution < -0.4 is 10.6 Å². The van der Waals surface area contributed by atoms with Gasteiger partial charge in [0.2, 0.25) is 0 Å². The molecule has 114 valence electrons. The van der Waals surface area contributed by atoms with E-state index in [9.17, 15) is 14.3 Å². The number of amides is 1. The molecule has 0 spiro atoms. The second-order valence-corrected chi connectivity index (χ2v) is 5.03. The van der Waals surface area contributed by atoms with Crippen LogP contribution in [0.5, 0.6) is 5.75 Å². The molecule has 0 unspecified atom stereocenters. The molecule has 0 bridgehead atoms. The summed E-state index contributed by atoms with van der Waals surface area (Å²) in [6, 6.07) is 10.4. The van der Waals surface area contributed by atoms with Gasteiger partial charge in [-0.3, -0.25) is 10.1 Å². The minimum atomic E-state index is -0.525. The van der Waals surface area contributed by atoms with E-state index in [1.165, 1.54) is 18.2 Å². The molecule has 1 amide bonds. The van der Waals surface area contributed by atoms with Crippen molar-refractivity contribution >= 4 is 28.9 Å². The van der Waals surface area contributed by atoms with Gasteiger partial charge in [-0.15, -0.1) is 0 Å². The lowest BCUT2D eigenvalue weighted by Crippen LogP contribution is -2.34. The first-order valence-electron chi connectivity index (χ1n) is 6.69. The number of anilines is 1. The summed E-state index contributed by atoms with van der Waals surface area (Å²) in [4.78, 5) is 11.9. The van der Waals surface area contributed by atoms with Crippen molar-refractivity contribution in [2.45, 2.75) is 13.3 Å². The van der Waals surface area contributed by atoms with Gasteiger partial charge in [-0.25, -0.2) is 4.39 Å². The Bertz CT molecular complexity index is 719. The third-order valence-corrected chi connectivity index (χ3v) is 3.24. The number of hydrogen-bond acceptors (Lipinski definition) is 3. The van der Waals surface area contributed by atoms with Gasteiger partial charge in [-0.2, -0.15) is 0 Å². The third-order valence-electron chi connectivity index (χ3n) is 3.03. The van der Waals surface area contributed by atoms with E-state index in [0.29, 0.717) is 5.69 Å². The zero-order chi connectivity index (χ0) is 16.1. The maximum absolute atomic E-state index is 13.1. The van der Waals surface area contributed by atoms with Gasteiger partial charge in [0.15, 0.2) is 5.11 Å². The van der Waals surface area contributed by atoms with E-state index in [0.717, 1.165) is 18.1 Å². The maximum atomic E-state index is 13.1. The summed E-state index contributed by atoms with van der Waals surface area (Å²) in [5.74, 6) is -0.998. The third kappa shape index (κ3) is 4.02. The molecule has 0 saturated heterocycles. The highest BCUT2D eigenvalue weighted by molar-refractivity contribution is 7.80. The quantitative estimate of drug-likeness (QED) is 0.601. The van der Waals surface area contributed by atoms with Crippen LogP contribution >= 0.6 is 12.2 Å². The van der Waals surface area contributed by atoms with Gasteiger partial charge < -0.3 is 10.4 Å². The number of carbonyl (C=O) groups is 1. The molecule has 2 aromatic rings. The first-order chi connectivity index (χ1) is 10.5. The van der Waals surface area contributed by atoms with Gasteiger partial charge in [0.25, 0.3) is 5.91 Å². The first kappa shape index (κ1) is 15.9. The van der Waals surface area contributed by atoms with Crippen molar-refractivity contribution in [3.63, 3.8) is 0 Å². The van der Waals surface area contributed by atoms with Crippen molar-refractivity contribution in [3.8, 4) is 5.75 Å². The predicted octanol–water partition coefficient (Wildman–Crippen LogP) is 3.22. The SMILES string of the molecule is CCc1ccc(O)c(NC(=S)NC(=O)c2cccc(F)c2)c1. The van der Waals surface area contributed by atoms with Crippen molar-refractivity contribution < 1.29 is 14.3 Å². The smallest absolute Gasteiger partial charge is 0.257 e. The van der Waals surface area contributed by atoms with Gasteiger partial charge in [0.1, 0.15) is 11.6 Å². The lowest BCUT2D eigenvalue weighted by molar-refractivity contribution is 0.0977. The van der Waals surface area contributed by atoms with Crippen molar-refractivity contribution in [2.75, 3.05) is 5.32 Å². The van der Waals surface area contributed by atoms with Gasteiger partial charge in [-0.1, -0.05) is 19.1 Å². The number of benzene rings is 2. The minimum Gasteiger partial charge on any atom is -0.506 e. The molecule has 3 N–H and O–H groups in total. The number of phenols is 1. The average molecular weight is 318 g/mol. The van der Waals surface area contributed by atoms with Crippen LogP contribution in [0.1, 0.15) is 22.8 Å². The molecule has 6 heteroatoms. The molecule has 0 aliphatic rings. The molecule has 2 rings (SSSR count). The van der Waals surface area contributed by atoms with Crippen LogP contribution in [-0.2, 0) is 6.42 Å². The molecule has 2 aromatic carbocycles. The molecule has 0 atom stereocenters. The fourth-order valence-corrected chi connectivity index (χ4v) is 2.06. The highest BCUT2D eigenvalue weighted by Crippen LogP contribution is 2.24. The van der Waals surface area contributed by atoms with Crippen molar-refractivity contribution in [3.05, 3.63) is 59.4 Å². The number of phenolic OH excluding ortho intramolecular Hbond substituents is 1. The van der Waals surface area contributed by atoms with Crippen LogP contribution in [0.2, 0.25) is 0 Å². The van der Waals surface area contributed by atoms with Gasteiger partial charge >= 0.3 is 0 Å². The molecule has 0 aromatic heterocycles. The fourth-order valence-electron chi connectivity index (χ4n) is 1.86. The first-order valence-corrected chi connectivity index (χ1v) is 7.10. The summed E-state index contributed by atoms with van der Waals surface area (Å²) in [5.41, 5.74) is 1.58. The second kappa shape index (κ2) is 7.00. The Balaban J connectivity index is 2.05. The lowest BCUT2D eigenvalue weighted by atomic mass is 10.1. The Hall–Kier alpha value is -2.47. The van der Waals surface area contributed by atoms with E-state index in [4.69, 9.17) is 12.2 Å². The fraction of sp³-hybridized carbons (Fsp3) is 0.125. The molecule has 0 aliphatic carbocycles. The molecule has 0 radical (unpaired) electrons. The van der Waals surface area contributed by atoms with E-state index in [1.54, 1.807) is 18.2 Å². The summed E-state index contributed by atoms with van der Waals surface area (Å²) >= 11 is 5.04. The number of hydrogen-bond donors (Lipinski definition) is 3. The van der Waals surface area contributed by atoms with E-state index < -0.39 is 11.7 Å². The maximum Gasteiger partial charge on any atom is 0.257 e. The van der Waals surface area contributed by atoms with E-state index in [-0.39, 0.29) is 16.4 Å². The molecule has 0 heterocycles. The Labute approximate surface area is 133 Å². The van der Waals surface area contributed by atoms with Crippen LogP contribution in [0.25, 0.3) is 0 Å². The Morgan fingerprint density at radius 3 is 2.73 bits per heavy atom. The number of nitrogens with one attached hydrogen (secondary N) is 2. The Morgan fingerprint density at radius 2 is 2.05 bits per heavy atom.